The molecule has 1 N–H and O–H groups in total. The molecule has 1 aromatic heterocycles. The van der Waals surface area contributed by atoms with E-state index in [4.69, 9.17) is 5.11 Å². The van der Waals surface area contributed by atoms with Gasteiger partial charge in [0.05, 0.1) is 22.0 Å². The normalized spacial score (nSPS) is 12.1. The number of para-hydroxylation sites is 1. The van der Waals surface area contributed by atoms with Gasteiger partial charge in [0.1, 0.15) is 5.00 Å². The first kappa shape index (κ1) is 13.7. The van der Waals surface area contributed by atoms with Crippen molar-refractivity contribution in [3.63, 3.8) is 0 Å². The summed E-state index contributed by atoms with van der Waals surface area (Å²) in [6.45, 7) is 1.62. The minimum Gasteiger partial charge on any atom is -0.755 e. The minimum atomic E-state index is -2.63. The van der Waals surface area contributed by atoms with Crippen LogP contribution in [0.25, 0.3) is 0 Å². The van der Waals surface area contributed by atoms with Crippen LogP contribution in [0.5, 0.6) is 0 Å². The highest BCUT2D eigenvalue weighted by molar-refractivity contribution is 7.81. The van der Waals surface area contributed by atoms with Gasteiger partial charge in [-0.25, -0.2) is 9.78 Å². The fourth-order valence-electron chi connectivity index (χ4n) is 1.53. The lowest BCUT2D eigenvalue weighted by Crippen LogP contribution is -2.20. The molecular formula is C11H9N2O4S2-. The molecule has 1 heterocycles. The van der Waals surface area contributed by atoms with Gasteiger partial charge in [-0.15, -0.1) is 0 Å². The van der Waals surface area contributed by atoms with E-state index in [1.807, 2.05) is 0 Å². The lowest BCUT2D eigenvalue weighted by Gasteiger charge is -2.24. The Morgan fingerprint density at radius 3 is 2.58 bits per heavy atom. The summed E-state index contributed by atoms with van der Waals surface area (Å²) in [4.78, 5) is 15.0. The number of carbonyl (C=O) groups is 1. The van der Waals surface area contributed by atoms with Crippen LogP contribution < -0.4 is 4.31 Å². The van der Waals surface area contributed by atoms with Gasteiger partial charge in [-0.1, -0.05) is 29.5 Å². The van der Waals surface area contributed by atoms with Crippen LogP contribution in [0.4, 0.5) is 10.7 Å². The summed E-state index contributed by atoms with van der Waals surface area (Å²) in [6.07, 6.45) is 0. The fourth-order valence-corrected chi connectivity index (χ4v) is 3.17. The van der Waals surface area contributed by atoms with Gasteiger partial charge in [0.2, 0.25) is 0 Å². The average molecular weight is 297 g/mol. The highest BCUT2D eigenvalue weighted by Crippen LogP contribution is 2.34. The van der Waals surface area contributed by atoms with Gasteiger partial charge in [-0.2, -0.15) is 0 Å². The summed E-state index contributed by atoms with van der Waals surface area (Å²) in [6, 6.07) is 8.24. The molecule has 1 atom stereocenters. The van der Waals surface area contributed by atoms with Crippen LogP contribution in [0.3, 0.4) is 0 Å². The third kappa shape index (κ3) is 2.80. The highest BCUT2D eigenvalue weighted by atomic mass is 32.2. The van der Waals surface area contributed by atoms with Gasteiger partial charge in [0, 0.05) is 0 Å². The Labute approximate surface area is 115 Å². The lowest BCUT2D eigenvalue weighted by atomic mass is 10.3. The van der Waals surface area contributed by atoms with E-state index in [2.05, 4.69) is 4.98 Å². The van der Waals surface area contributed by atoms with Crippen LogP contribution in [-0.2, 0) is 11.3 Å². The molecule has 0 amide bonds. The molecule has 6 nitrogen and oxygen atoms in total. The molecule has 2 rings (SSSR count). The summed E-state index contributed by atoms with van der Waals surface area (Å²) in [5, 5.41) is 9.63. The van der Waals surface area contributed by atoms with E-state index in [0.717, 1.165) is 15.6 Å². The Morgan fingerprint density at radius 1 is 1.42 bits per heavy atom. The molecule has 1 unspecified atom stereocenters. The van der Waals surface area contributed by atoms with E-state index >= 15 is 0 Å². The van der Waals surface area contributed by atoms with E-state index < -0.39 is 17.2 Å². The Kier molecular flexibility index (Phi) is 3.93. The third-order valence-corrected chi connectivity index (χ3v) is 4.01. The smallest absolute Gasteiger partial charge is 0.357 e. The minimum absolute atomic E-state index is 0.0736. The predicted octanol–water partition coefficient (Wildman–Crippen LogP) is 2.08. The molecule has 0 aliphatic rings. The highest BCUT2D eigenvalue weighted by Gasteiger charge is 2.23. The number of carboxylic acid groups (broad SMARTS) is 1. The number of aromatic carboxylic acids is 1. The van der Waals surface area contributed by atoms with E-state index in [9.17, 15) is 13.6 Å². The lowest BCUT2D eigenvalue weighted by molar-refractivity contribution is 0.0692. The Hall–Kier alpha value is -1.77. The number of aryl methyl sites for hydroxylation is 1. The zero-order valence-corrected chi connectivity index (χ0v) is 11.4. The fraction of sp³-hybridized carbons (Fsp3) is 0.0909. The van der Waals surface area contributed by atoms with E-state index in [1.165, 1.54) is 0 Å². The van der Waals surface area contributed by atoms with Crippen molar-refractivity contribution >= 4 is 39.3 Å². The Morgan fingerprint density at radius 2 is 2.05 bits per heavy atom. The number of nitrogens with zero attached hydrogens (tertiary/aromatic N) is 2. The first-order valence-corrected chi connectivity index (χ1v) is 7.01. The molecule has 0 saturated heterocycles. The molecule has 0 fully saturated rings. The molecule has 0 saturated carbocycles. The van der Waals surface area contributed by atoms with Crippen molar-refractivity contribution in [1.29, 1.82) is 0 Å². The van der Waals surface area contributed by atoms with Crippen molar-refractivity contribution in [1.82, 2.24) is 4.98 Å². The molecular weight excluding hydrogens is 288 g/mol. The summed E-state index contributed by atoms with van der Waals surface area (Å²) < 4.78 is 23.7. The van der Waals surface area contributed by atoms with Gasteiger partial charge in [0.25, 0.3) is 0 Å². The van der Waals surface area contributed by atoms with Crippen LogP contribution in [0, 0.1) is 6.92 Å². The molecule has 8 heteroatoms. The van der Waals surface area contributed by atoms with Crippen molar-refractivity contribution in [3.05, 3.63) is 41.0 Å². The topological polar surface area (TPSA) is 93.6 Å². The van der Waals surface area contributed by atoms with Crippen LogP contribution in [0.15, 0.2) is 30.3 Å². The van der Waals surface area contributed by atoms with Crippen LogP contribution in [0.2, 0.25) is 0 Å². The number of thiazole rings is 1. The first-order chi connectivity index (χ1) is 9.00. The molecule has 0 spiro atoms. The maximum atomic E-state index is 11.4. The molecule has 100 valence electrons. The second-order valence-electron chi connectivity index (χ2n) is 3.54. The summed E-state index contributed by atoms with van der Waals surface area (Å²) in [5.41, 5.74) is 0.0949. The summed E-state index contributed by atoms with van der Waals surface area (Å²) in [5.74, 6) is -1.26. The number of carboxylic acids is 1. The van der Waals surface area contributed by atoms with Crippen LogP contribution >= 0.6 is 11.3 Å². The molecule has 2 aromatic rings. The van der Waals surface area contributed by atoms with Crippen molar-refractivity contribution in [3.8, 4) is 0 Å². The molecule has 0 aliphatic carbocycles. The molecule has 19 heavy (non-hydrogen) atoms. The summed E-state index contributed by atoms with van der Waals surface area (Å²) >= 11 is -1.61. The Balaban J connectivity index is 2.58. The van der Waals surface area contributed by atoms with Crippen molar-refractivity contribution < 1.29 is 18.7 Å². The largest absolute Gasteiger partial charge is 0.755 e. The zero-order chi connectivity index (χ0) is 14.0. The van der Waals surface area contributed by atoms with Crippen LogP contribution in [0.1, 0.15) is 15.5 Å². The maximum absolute atomic E-state index is 11.4. The van der Waals surface area contributed by atoms with E-state index in [0.29, 0.717) is 10.7 Å². The van der Waals surface area contributed by atoms with Gasteiger partial charge >= 0.3 is 5.97 Å². The number of anilines is 2. The third-order valence-electron chi connectivity index (χ3n) is 2.24. The molecule has 0 radical (unpaired) electrons. The van der Waals surface area contributed by atoms with Gasteiger partial charge in [0.15, 0.2) is 5.69 Å². The van der Waals surface area contributed by atoms with E-state index in [-0.39, 0.29) is 10.7 Å². The number of hydrogen-bond acceptors (Lipinski definition) is 5. The molecule has 1 aromatic carbocycles. The second-order valence-corrected chi connectivity index (χ2v) is 5.52. The standard InChI is InChI=1S/C11H10N2O4S2/c1-7-12-9(11(14)15)10(18-7)13(19(16)17)8-5-3-2-4-6-8/h2-6H,1H3,(H,14,15)(H,16,17)/p-1. The molecule has 0 aliphatic heterocycles. The quantitative estimate of drug-likeness (QED) is 0.872. The maximum Gasteiger partial charge on any atom is 0.357 e. The zero-order valence-electron chi connectivity index (χ0n) is 9.77. The van der Waals surface area contributed by atoms with Gasteiger partial charge < -0.3 is 9.66 Å². The number of hydrogen-bond donors (Lipinski definition) is 1. The SMILES string of the molecule is Cc1nc(C(=O)O)c(N(c2ccccc2)S(=O)[O-])s1. The number of benzene rings is 1. The first-order valence-electron chi connectivity index (χ1n) is 5.16. The number of aromatic nitrogens is 1. The van der Waals surface area contributed by atoms with Crippen LogP contribution in [-0.4, -0.2) is 24.8 Å². The van der Waals surface area contributed by atoms with Crippen molar-refractivity contribution in [2.45, 2.75) is 6.92 Å². The average Bonchev–Trinajstić information content (AvgIpc) is 2.72. The predicted molar refractivity (Wildman–Crippen MR) is 71.3 cm³/mol. The molecule has 0 bridgehead atoms. The summed E-state index contributed by atoms with van der Waals surface area (Å²) in [7, 11) is 0. The number of rotatable bonds is 4. The second kappa shape index (κ2) is 5.47. The monoisotopic (exact) mass is 297 g/mol. The van der Waals surface area contributed by atoms with Gasteiger partial charge in [-0.3, -0.25) is 8.51 Å². The van der Waals surface area contributed by atoms with Crippen molar-refractivity contribution in [2.75, 3.05) is 4.31 Å². The Bertz CT molecular complexity index is 627. The van der Waals surface area contributed by atoms with E-state index in [1.54, 1.807) is 37.3 Å². The van der Waals surface area contributed by atoms with Gasteiger partial charge in [-0.05, 0) is 19.1 Å². The van der Waals surface area contributed by atoms with Crippen molar-refractivity contribution in [2.24, 2.45) is 0 Å².